The fourth-order valence-corrected chi connectivity index (χ4v) is 9.83. The summed E-state index contributed by atoms with van der Waals surface area (Å²) in [5.74, 6) is -3.89. The maximum Gasteiger partial charge on any atom is 0.336 e. The van der Waals surface area contributed by atoms with Crippen LogP contribution in [0.2, 0.25) is 0 Å². The summed E-state index contributed by atoms with van der Waals surface area (Å²) < 4.78 is 31.2. The number of benzene rings is 4. The third-order valence-corrected chi connectivity index (χ3v) is 13.1. The second-order valence-electron chi connectivity index (χ2n) is 17.3. The minimum Gasteiger partial charge on any atom is -0.508 e. The van der Waals surface area contributed by atoms with E-state index in [0.29, 0.717) is 47.7 Å². The zero-order valence-corrected chi connectivity index (χ0v) is 36.5. The zero-order chi connectivity index (χ0) is 47.5. The van der Waals surface area contributed by atoms with Crippen molar-refractivity contribution in [3.63, 3.8) is 0 Å². The first kappa shape index (κ1) is 44.3. The van der Waals surface area contributed by atoms with Crippen LogP contribution < -0.4 is 24.4 Å². The third kappa shape index (κ3) is 7.58. The molecule has 0 amide bonds. The number of nitrogens with zero attached hydrogens (tertiary/aromatic N) is 3. The van der Waals surface area contributed by atoms with Crippen LogP contribution in [-0.4, -0.2) is 108 Å². The Labute approximate surface area is 388 Å². The number of aliphatic imine (C=N–C) groups is 3. The minimum absolute atomic E-state index is 0.00934. The number of aliphatic carboxylic acids is 1. The smallest absolute Gasteiger partial charge is 0.336 e. The number of nitrogens with two attached hydrogens (primary N) is 1. The monoisotopic (exact) mass is 923 g/mol. The maximum absolute atomic E-state index is 13.3. The fraction of sp³-hybridized carbons (Fsp3) is 0.275. The number of fused-ring (bicyclic) bond motifs is 5. The molecule has 1 fully saturated rings. The molecular weight excluding hydrogens is 877 g/mol. The first-order chi connectivity index (χ1) is 32.8. The molecule has 7 atom stereocenters. The molecule has 6 aliphatic rings. The van der Waals surface area contributed by atoms with Crippen LogP contribution in [0, 0.1) is 5.92 Å². The van der Waals surface area contributed by atoms with Crippen LogP contribution in [0.1, 0.15) is 52.8 Å². The van der Waals surface area contributed by atoms with Crippen molar-refractivity contribution in [3.8, 4) is 34.5 Å². The topological polar surface area (TPSA) is 267 Å². The summed E-state index contributed by atoms with van der Waals surface area (Å²) in [6.45, 7) is 1.98. The molecule has 2 aliphatic carbocycles. The van der Waals surface area contributed by atoms with Crippen molar-refractivity contribution in [3.05, 3.63) is 142 Å². The molecule has 0 radical (unpaired) electrons. The number of ether oxygens (including phenoxy) is 5. The van der Waals surface area contributed by atoms with E-state index in [1.54, 1.807) is 54.6 Å². The minimum atomic E-state index is -2.72. The molecule has 0 spiro atoms. The lowest BCUT2D eigenvalue weighted by Crippen LogP contribution is -2.80. The van der Waals surface area contributed by atoms with Crippen molar-refractivity contribution in [1.82, 2.24) is 0 Å². The Bertz CT molecular complexity index is 2970. The molecule has 2 bridgehead atoms. The zero-order valence-electron chi connectivity index (χ0n) is 36.5. The number of rotatable bonds is 13. The van der Waals surface area contributed by atoms with Gasteiger partial charge in [-0.3, -0.25) is 10.4 Å². The van der Waals surface area contributed by atoms with E-state index in [9.17, 15) is 40.5 Å². The molecule has 4 heterocycles. The normalized spacial score (nSPS) is 26.4. The van der Waals surface area contributed by atoms with Crippen molar-refractivity contribution in [2.24, 2.45) is 20.9 Å². The summed E-state index contributed by atoms with van der Waals surface area (Å²) in [7, 11) is 0. The van der Waals surface area contributed by atoms with Gasteiger partial charge in [0.05, 0.1) is 24.8 Å². The van der Waals surface area contributed by atoms with Crippen molar-refractivity contribution >= 4 is 41.4 Å². The van der Waals surface area contributed by atoms with Gasteiger partial charge in [-0.15, -0.1) is 0 Å². The van der Waals surface area contributed by atoms with Crippen molar-refractivity contribution < 1.29 is 69.6 Å². The summed E-state index contributed by atoms with van der Waals surface area (Å²) in [5, 5.41) is 88.9. The van der Waals surface area contributed by atoms with E-state index >= 15 is 0 Å². The largest absolute Gasteiger partial charge is 0.508 e. The number of aliphatic hydroxyl groups is 4. The van der Waals surface area contributed by atoms with E-state index < -0.39 is 59.2 Å². The van der Waals surface area contributed by atoms with E-state index in [-0.39, 0.29) is 59.4 Å². The SMILES string of the molecule is CCc1cc(O)cc(COc2c(O[C@@H]3O[C@H](C(=O)O)[C@@]4(O)[C@H](C5=NC=NC5)C5=C(C=Cc6ccccc6C5)[C@@]3(O)[C@@H]4O)cc3c(c2O)C(O)=CC(c2ccc(OCCC4=NC(=[NH2+])C=C4)cc2)O3)c1. The number of hydrogen-bond acceptors (Lipinski definition) is 14. The van der Waals surface area contributed by atoms with Crippen LogP contribution >= 0.6 is 0 Å². The van der Waals surface area contributed by atoms with E-state index in [1.807, 2.05) is 37.3 Å². The number of carbonyl (C=O) groups is 1. The number of phenols is 2. The molecule has 0 aromatic heterocycles. The van der Waals surface area contributed by atoms with E-state index in [2.05, 4.69) is 15.0 Å². The van der Waals surface area contributed by atoms with Gasteiger partial charge in [0.15, 0.2) is 28.9 Å². The van der Waals surface area contributed by atoms with Gasteiger partial charge in [0.25, 0.3) is 0 Å². The number of carboxylic acids is 1. The Hall–Kier alpha value is -7.57. The molecule has 1 saturated heterocycles. The second kappa shape index (κ2) is 17.3. The second-order valence-corrected chi connectivity index (χ2v) is 17.3. The highest BCUT2D eigenvalue weighted by Crippen LogP contribution is 2.57. The highest BCUT2D eigenvalue weighted by molar-refractivity contribution is 6.13. The van der Waals surface area contributed by atoms with Crippen LogP contribution in [0.15, 0.2) is 123 Å². The number of carboxylic acid groups (broad SMARTS) is 1. The molecule has 9 N–H and O–H groups in total. The van der Waals surface area contributed by atoms with Crippen molar-refractivity contribution in [2.45, 2.75) is 68.6 Å². The van der Waals surface area contributed by atoms with Gasteiger partial charge in [0.2, 0.25) is 12.0 Å². The van der Waals surface area contributed by atoms with Gasteiger partial charge < -0.3 is 59.4 Å². The number of aryl methyl sites for hydroxylation is 1. The van der Waals surface area contributed by atoms with Gasteiger partial charge >= 0.3 is 11.8 Å². The first-order valence-corrected chi connectivity index (χ1v) is 22.0. The third-order valence-electron chi connectivity index (χ3n) is 13.1. The Morgan fingerprint density at radius 2 is 1.75 bits per heavy atom. The lowest BCUT2D eigenvalue weighted by Gasteiger charge is -2.59. The molecule has 17 nitrogen and oxygen atoms in total. The highest BCUT2D eigenvalue weighted by Gasteiger charge is 2.73. The van der Waals surface area contributed by atoms with Gasteiger partial charge in [-0.05, 0) is 87.1 Å². The molecule has 1 unspecified atom stereocenters. The number of aliphatic hydroxyl groups excluding tert-OH is 2. The number of phenolic OH excluding ortho intramolecular Hbond substituents is 2. The number of allylic oxidation sites excluding steroid dienone is 1. The molecule has 4 aliphatic heterocycles. The number of amidine groups is 1. The number of aromatic hydroxyl groups is 2. The van der Waals surface area contributed by atoms with Crippen LogP contribution in [0.25, 0.3) is 11.8 Å². The van der Waals surface area contributed by atoms with E-state index in [4.69, 9.17) is 29.1 Å². The van der Waals surface area contributed by atoms with Crippen LogP contribution in [-0.2, 0) is 29.0 Å². The molecule has 4 aromatic rings. The van der Waals surface area contributed by atoms with E-state index in [0.717, 1.165) is 22.4 Å². The Morgan fingerprint density at radius 3 is 2.49 bits per heavy atom. The van der Waals surface area contributed by atoms with Gasteiger partial charge in [0.1, 0.15) is 59.3 Å². The summed E-state index contributed by atoms with van der Waals surface area (Å²) in [6.07, 6.45) is 3.22. The first-order valence-electron chi connectivity index (χ1n) is 22.0. The predicted molar refractivity (Wildman–Crippen MR) is 247 cm³/mol. The Balaban J connectivity index is 1.05. The molecule has 4 aromatic carbocycles. The Morgan fingerprint density at radius 1 is 0.956 bits per heavy atom. The molecule has 68 heavy (non-hydrogen) atoms. The van der Waals surface area contributed by atoms with Crippen LogP contribution in [0.5, 0.6) is 34.5 Å². The Kier molecular flexibility index (Phi) is 11.2. The molecule has 10 rings (SSSR count). The molecular formula is C51H47N4O13+. The standard InChI is InChI=1S/C51H46N4O13/c1-2-26-17-27(19-32(56)18-26)24-65-45-40(22-39-42(44(45)58)37(57)21-38(66-39)29-7-11-33(12-8-29)64-16-15-31-10-14-41(52)55-31)67-49-50(62)35-13-9-28-5-3-4-6-30(28)20-34(35)43(36-23-53-25-54-36)51(63,48(50)61)46(68-49)47(59)60/h3-14,17-19,21-22,25,38,43,46,48-49,52,56-58,61-63H,2,15-16,20,23-24H2,1H3,(H,59,60)/p+1/t38?,43-,46+,48-,49+,50+,51-/m0/s1. The quantitative estimate of drug-likeness (QED) is 0.0947. The van der Waals surface area contributed by atoms with Gasteiger partial charge in [-0.25, -0.2) is 9.79 Å². The van der Waals surface area contributed by atoms with Crippen molar-refractivity contribution in [1.29, 1.82) is 0 Å². The lowest BCUT2D eigenvalue weighted by atomic mass is 9.57. The highest BCUT2D eigenvalue weighted by atomic mass is 16.7. The summed E-state index contributed by atoms with van der Waals surface area (Å²) in [6, 6.07) is 20.5. The van der Waals surface area contributed by atoms with Crippen LogP contribution in [0.4, 0.5) is 0 Å². The lowest BCUT2D eigenvalue weighted by molar-refractivity contribution is -0.341. The average molecular weight is 924 g/mol. The molecule has 348 valence electrons. The fourth-order valence-electron chi connectivity index (χ4n) is 9.83. The van der Waals surface area contributed by atoms with Gasteiger partial charge in [0, 0.05) is 24.6 Å². The predicted octanol–water partition coefficient (Wildman–Crippen LogP) is 3.90. The summed E-state index contributed by atoms with van der Waals surface area (Å²) >= 11 is 0. The molecule has 0 saturated carbocycles. The van der Waals surface area contributed by atoms with E-state index in [1.165, 1.54) is 24.5 Å². The maximum atomic E-state index is 13.3. The average Bonchev–Trinajstić information content (AvgIpc) is 3.96. The van der Waals surface area contributed by atoms with Crippen molar-refractivity contribution in [2.75, 3.05) is 13.2 Å². The summed E-state index contributed by atoms with van der Waals surface area (Å²) in [5.41, 5.74) is -0.660. The van der Waals surface area contributed by atoms with Crippen LogP contribution in [0.3, 0.4) is 0 Å². The molecule has 17 heteroatoms. The number of hydrogen-bond donors (Lipinski definition) is 8. The summed E-state index contributed by atoms with van der Waals surface area (Å²) in [4.78, 5) is 26.1. The van der Waals surface area contributed by atoms with Gasteiger partial charge in [-0.1, -0.05) is 61.5 Å². The van der Waals surface area contributed by atoms with Gasteiger partial charge in [-0.2, -0.15) is 0 Å².